The molecule has 18 heavy (non-hydrogen) atoms. The van der Waals surface area contributed by atoms with Gasteiger partial charge >= 0.3 is 5.97 Å². The van der Waals surface area contributed by atoms with Gasteiger partial charge in [-0.05, 0) is 33.4 Å². The first-order valence-corrected chi connectivity index (χ1v) is 6.96. The van der Waals surface area contributed by atoms with Crippen LogP contribution in [0.4, 0.5) is 0 Å². The van der Waals surface area contributed by atoms with Crippen molar-refractivity contribution >= 4 is 33.2 Å². The number of rotatable bonds is 4. The first-order valence-electron chi connectivity index (χ1n) is 5.22. The van der Waals surface area contributed by atoms with Crippen molar-refractivity contribution in [3.05, 3.63) is 55.5 Å². The van der Waals surface area contributed by atoms with E-state index in [2.05, 4.69) is 15.9 Å². The highest BCUT2D eigenvalue weighted by atomic mass is 79.9. The molecular formula is C12H10BrNO3S. The Morgan fingerprint density at radius 2 is 2.22 bits per heavy atom. The van der Waals surface area contributed by atoms with E-state index in [1.807, 2.05) is 5.38 Å². The molecule has 2 aromatic heterocycles. The van der Waals surface area contributed by atoms with Gasteiger partial charge in [-0.25, -0.2) is 4.79 Å². The normalized spacial score (nSPS) is 10.3. The zero-order chi connectivity index (χ0) is 13.0. The van der Waals surface area contributed by atoms with Crippen LogP contribution in [0.5, 0.6) is 0 Å². The number of aromatic nitrogens is 1. The fourth-order valence-corrected chi connectivity index (χ4v) is 2.38. The third-order valence-electron chi connectivity index (χ3n) is 2.27. The first-order chi connectivity index (χ1) is 8.66. The van der Waals surface area contributed by atoms with Crippen LogP contribution in [-0.4, -0.2) is 17.1 Å². The quantitative estimate of drug-likeness (QED) is 0.811. The Hall–Kier alpha value is -1.40. The average Bonchev–Trinajstić information content (AvgIpc) is 2.87. The number of hydrogen-bond donors (Lipinski definition) is 0. The van der Waals surface area contributed by atoms with Gasteiger partial charge in [-0.15, -0.1) is 0 Å². The Kier molecular flexibility index (Phi) is 4.33. The third-order valence-corrected chi connectivity index (χ3v) is 3.42. The van der Waals surface area contributed by atoms with Crippen molar-refractivity contribution in [1.29, 1.82) is 0 Å². The molecule has 0 amide bonds. The molecule has 0 bridgehead atoms. The van der Waals surface area contributed by atoms with Gasteiger partial charge in [-0.2, -0.15) is 11.3 Å². The molecule has 0 aliphatic rings. The van der Waals surface area contributed by atoms with Crippen LogP contribution >= 0.6 is 27.3 Å². The van der Waals surface area contributed by atoms with E-state index in [0.717, 1.165) is 4.47 Å². The maximum absolute atomic E-state index is 11.5. The van der Waals surface area contributed by atoms with Crippen LogP contribution in [0.2, 0.25) is 0 Å². The molecular weight excluding hydrogens is 318 g/mol. The lowest BCUT2D eigenvalue weighted by Gasteiger charge is -2.06. The van der Waals surface area contributed by atoms with Crippen LogP contribution in [0.25, 0.3) is 0 Å². The fourth-order valence-electron chi connectivity index (χ4n) is 1.38. The van der Waals surface area contributed by atoms with Crippen LogP contribution in [0.1, 0.15) is 10.4 Å². The minimum absolute atomic E-state index is 0.121. The van der Waals surface area contributed by atoms with Crippen molar-refractivity contribution in [2.24, 2.45) is 0 Å². The van der Waals surface area contributed by atoms with E-state index in [0.29, 0.717) is 12.1 Å². The second kappa shape index (κ2) is 5.97. The number of hydrogen-bond acceptors (Lipinski definition) is 4. The number of pyridine rings is 1. The smallest absolute Gasteiger partial charge is 0.339 e. The van der Waals surface area contributed by atoms with Crippen molar-refractivity contribution in [1.82, 2.24) is 4.57 Å². The second-order valence-corrected chi connectivity index (χ2v) is 5.22. The van der Waals surface area contributed by atoms with E-state index in [9.17, 15) is 9.59 Å². The lowest BCUT2D eigenvalue weighted by Crippen LogP contribution is -2.21. The van der Waals surface area contributed by atoms with E-state index >= 15 is 0 Å². The third kappa shape index (κ3) is 3.30. The van der Waals surface area contributed by atoms with E-state index in [-0.39, 0.29) is 18.1 Å². The van der Waals surface area contributed by atoms with Crippen LogP contribution in [0.3, 0.4) is 0 Å². The summed E-state index contributed by atoms with van der Waals surface area (Å²) in [7, 11) is 0. The summed E-state index contributed by atoms with van der Waals surface area (Å²) in [6.07, 6.45) is 1.67. The molecule has 0 spiro atoms. The van der Waals surface area contributed by atoms with Gasteiger partial charge in [0.1, 0.15) is 6.61 Å². The van der Waals surface area contributed by atoms with Crippen LogP contribution in [0, 0.1) is 0 Å². The topological polar surface area (TPSA) is 48.3 Å². The number of esters is 1. The van der Waals surface area contributed by atoms with Gasteiger partial charge in [0.05, 0.1) is 12.1 Å². The SMILES string of the molecule is O=C(OCCn1cc(Br)ccc1=O)c1ccsc1. The molecule has 0 aliphatic heterocycles. The van der Waals surface area contributed by atoms with Crippen molar-refractivity contribution < 1.29 is 9.53 Å². The van der Waals surface area contributed by atoms with Gasteiger partial charge < -0.3 is 9.30 Å². The molecule has 0 unspecified atom stereocenters. The molecule has 0 radical (unpaired) electrons. The molecule has 2 heterocycles. The summed E-state index contributed by atoms with van der Waals surface area (Å²) in [6.45, 7) is 0.513. The summed E-state index contributed by atoms with van der Waals surface area (Å²) in [5.41, 5.74) is 0.423. The summed E-state index contributed by atoms with van der Waals surface area (Å²) in [6, 6.07) is 4.85. The second-order valence-electron chi connectivity index (χ2n) is 3.53. The molecule has 0 N–H and O–H groups in total. The number of ether oxygens (including phenoxy) is 1. The molecule has 4 nitrogen and oxygen atoms in total. The zero-order valence-corrected chi connectivity index (χ0v) is 11.7. The molecule has 6 heteroatoms. The van der Waals surface area contributed by atoms with Crippen molar-refractivity contribution in [2.45, 2.75) is 6.54 Å². The maximum atomic E-state index is 11.5. The van der Waals surface area contributed by atoms with Gasteiger partial charge in [0.15, 0.2) is 0 Å². The number of halogens is 1. The van der Waals surface area contributed by atoms with Crippen LogP contribution < -0.4 is 5.56 Å². The summed E-state index contributed by atoms with van der Waals surface area (Å²) >= 11 is 4.72. The molecule has 0 saturated carbocycles. The monoisotopic (exact) mass is 327 g/mol. The Morgan fingerprint density at radius 1 is 1.39 bits per heavy atom. The van der Waals surface area contributed by atoms with Crippen LogP contribution in [0.15, 0.2) is 44.4 Å². The summed E-state index contributed by atoms with van der Waals surface area (Å²) in [5.74, 6) is -0.362. The highest BCUT2D eigenvalue weighted by Crippen LogP contribution is 2.08. The maximum Gasteiger partial charge on any atom is 0.339 e. The fraction of sp³-hybridized carbons (Fsp3) is 0.167. The molecule has 2 rings (SSSR count). The van der Waals surface area contributed by atoms with E-state index in [1.165, 1.54) is 22.0 Å². The number of carbonyl (C=O) groups is 1. The lowest BCUT2D eigenvalue weighted by atomic mass is 10.3. The molecule has 94 valence electrons. The molecule has 0 aromatic carbocycles. The summed E-state index contributed by atoms with van der Waals surface area (Å²) in [4.78, 5) is 23.0. The standard InChI is InChI=1S/C12H10BrNO3S/c13-10-1-2-11(15)14(7-10)4-5-17-12(16)9-3-6-18-8-9/h1-3,6-8H,4-5H2. The van der Waals surface area contributed by atoms with Crippen molar-refractivity contribution in [3.63, 3.8) is 0 Å². The largest absolute Gasteiger partial charge is 0.460 e. The highest BCUT2D eigenvalue weighted by molar-refractivity contribution is 9.10. The highest BCUT2D eigenvalue weighted by Gasteiger charge is 2.07. The molecule has 2 aromatic rings. The molecule has 0 fully saturated rings. The predicted octanol–water partition coefficient (Wildman–Crippen LogP) is 2.53. The Morgan fingerprint density at radius 3 is 2.94 bits per heavy atom. The number of carbonyl (C=O) groups excluding carboxylic acids is 1. The van der Waals surface area contributed by atoms with Gasteiger partial charge in [0.25, 0.3) is 5.56 Å². The van der Waals surface area contributed by atoms with Crippen LogP contribution in [-0.2, 0) is 11.3 Å². The minimum atomic E-state index is -0.362. The Bertz CT molecular complexity index is 592. The Labute approximate surface area is 116 Å². The summed E-state index contributed by atoms with van der Waals surface area (Å²) < 4.78 is 7.38. The van der Waals surface area contributed by atoms with Gasteiger partial charge in [0.2, 0.25) is 0 Å². The van der Waals surface area contributed by atoms with E-state index in [4.69, 9.17) is 4.74 Å². The number of thiophene rings is 1. The summed E-state index contributed by atoms with van der Waals surface area (Å²) in [5, 5.41) is 3.54. The lowest BCUT2D eigenvalue weighted by molar-refractivity contribution is 0.0491. The van der Waals surface area contributed by atoms with Gasteiger partial charge in [0, 0.05) is 22.1 Å². The molecule has 0 aliphatic carbocycles. The molecule has 0 saturated heterocycles. The molecule has 0 atom stereocenters. The number of nitrogens with zero attached hydrogens (tertiary/aromatic N) is 1. The van der Waals surface area contributed by atoms with Crippen molar-refractivity contribution in [3.8, 4) is 0 Å². The van der Waals surface area contributed by atoms with Gasteiger partial charge in [-0.3, -0.25) is 4.79 Å². The van der Waals surface area contributed by atoms with Gasteiger partial charge in [-0.1, -0.05) is 0 Å². The predicted molar refractivity (Wildman–Crippen MR) is 73.0 cm³/mol. The zero-order valence-electron chi connectivity index (χ0n) is 9.34. The average molecular weight is 328 g/mol. The minimum Gasteiger partial charge on any atom is -0.460 e. The van der Waals surface area contributed by atoms with E-state index in [1.54, 1.807) is 23.7 Å². The Balaban J connectivity index is 1.91. The first kappa shape index (κ1) is 13.0. The van der Waals surface area contributed by atoms with Crippen molar-refractivity contribution in [2.75, 3.05) is 6.61 Å². The van der Waals surface area contributed by atoms with E-state index < -0.39 is 0 Å².